The van der Waals surface area contributed by atoms with Crippen LogP contribution in [0, 0.1) is 13.5 Å². The average molecular weight is 344 g/mol. The van der Waals surface area contributed by atoms with Gasteiger partial charge in [0.15, 0.2) is 6.61 Å². The molecule has 0 aliphatic heterocycles. The highest BCUT2D eigenvalue weighted by Crippen LogP contribution is 2.01. The molecule has 1 atom stereocenters. The average Bonchev–Trinajstić information content (AvgIpc) is 2.44. The van der Waals surface area contributed by atoms with Crippen molar-refractivity contribution in [2.45, 2.75) is 20.1 Å². The maximum atomic E-state index is 11.1. The first-order chi connectivity index (χ1) is 11.0. The lowest BCUT2D eigenvalue weighted by molar-refractivity contribution is -0.168. The topological polar surface area (TPSA) is 157 Å². The fourth-order valence-electron chi connectivity index (χ4n) is 0.768. The summed E-state index contributed by atoms with van der Waals surface area (Å²) in [6.07, 6.45) is -3.74. The summed E-state index contributed by atoms with van der Waals surface area (Å²) in [5.41, 5.74) is 9.84. The summed E-state index contributed by atoms with van der Waals surface area (Å²) >= 11 is 0. The first-order valence-electron chi connectivity index (χ1n) is 6.23. The van der Waals surface area contributed by atoms with E-state index in [4.69, 9.17) is 5.73 Å². The summed E-state index contributed by atoms with van der Waals surface area (Å²) in [5, 5.41) is 0. The fraction of sp³-hybridized carbons (Fsp3) is 0.286. The molecule has 0 saturated heterocycles. The summed E-state index contributed by atoms with van der Waals surface area (Å²) in [4.78, 5) is 42.1. The third kappa shape index (κ3) is 13.9. The predicted octanol–water partition coefficient (Wildman–Crippen LogP) is 0.724. The van der Waals surface area contributed by atoms with Gasteiger partial charge in [0.05, 0.1) is 0 Å². The smallest absolute Gasteiger partial charge is 0.407 e. The fourth-order valence-corrected chi connectivity index (χ4v) is 0.768. The zero-order chi connectivity index (χ0) is 19.3. The molecule has 2 radical (unpaired) electrons. The molecule has 0 aliphatic carbocycles. The number of ether oxygens (including phenoxy) is 4. The quantitative estimate of drug-likeness (QED) is 0.296. The van der Waals surface area contributed by atoms with Gasteiger partial charge < -0.3 is 30.4 Å². The Kier molecular flexibility index (Phi) is 12.1. The van der Waals surface area contributed by atoms with Crippen LogP contribution in [0.4, 0.5) is 9.59 Å². The van der Waals surface area contributed by atoms with Gasteiger partial charge in [0, 0.05) is 11.1 Å². The molecule has 0 aliphatic rings. The summed E-state index contributed by atoms with van der Waals surface area (Å²) in [6, 6.07) is 0. The lowest BCUT2D eigenvalue weighted by atomic mass is 10.4. The van der Waals surface area contributed by atoms with Crippen LogP contribution in [-0.2, 0) is 28.5 Å². The van der Waals surface area contributed by atoms with Crippen molar-refractivity contribution in [1.29, 1.82) is 0 Å². The van der Waals surface area contributed by atoms with E-state index in [1.165, 1.54) is 6.92 Å². The molecule has 4 N–H and O–H groups in total. The number of hydrogen-bond donors (Lipinski definition) is 2. The Bertz CT molecular complexity index is 501. The van der Waals surface area contributed by atoms with E-state index in [1.807, 2.05) is 0 Å². The van der Waals surface area contributed by atoms with E-state index in [0.29, 0.717) is 5.57 Å². The van der Waals surface area contributed by atoms with Crippen LogP contribution in [0.25, 0.3) is 0 Å². The molecular formula is C14H20N2O8. The van der Waals surface area contributed by atoms with Gasteiger partial charge in [-0.05, 0) is 20.8 Å². The minimum Gasteiger partial charge on any atom is -0.455 e. The molecule has 134 valence electrons. The van der Waals surface area contributed by atoms with E-state index >= 15 is 0 Å². The monoisotopic (exact) mass is 344 g/mol. The van der Waals surface area contributed by atoms with E-state index in [0.717, 1.165) is 6.61 Å². The van der Waals surface area contributed by atoms with Crippen molar-refractivity contribution < 1.29 is 38.1 Å². The van der Waals surface area contributed by atoms with Gasteiger partial charge in [0.1, 0.15) is 6.61 Å². The SMILES string of the molecule is C=C(C)C(=O)OC(COC(N)=O)OC(N)=O.[CH2][CH]OC(=O)C(=C)C. The molecule has 10 heteroatoms. The Hall–Kier alpha value is -3.04. The molecule has 0 aromatic heterocycles. The zero-order valence-electron chi connectivity index (χ0n) is 13.4. The molecule has 0 rings (SSSR count). The number of rotatable bonds is 7. The van der Waals surface area contributed by atoms with Gasteiger partial charge in [0.25, 0.3) is 6.29 Å². The number of amides is 2. The van der Waals surface area contributed by atoms with E-state index in [2.05, 4.69) is 44.8 Å². The molecule has 0 spiro atoms. The minimum absolute atomic E-state index is 0.0807. The predicted molar refractivity (Wildman–Crippen MR) is 81.5 cm³/mol. The highest BCUT2D eigenvalue weighted by molar-refractivity contribution is 5.87. The second kappa shape index (κ2) is 12.5. The van der Waals surface area contributed by atoms with Crippen molar-refractivity contribution in [3.8, 4) is 0 Å². The van der Waals surface area contributed by atoms with Crippen LogP contribution < -0.4 is 11.5 Å². The van der Waals surface area contributed by atoms with Crippen LogP contribution in [0.5, 0.6) is 0 Å². The van der Waals surface area contributed by atoms with Crippen LogP contribution in [0.15, 0.2) is 24.3 Å². The molecule has 24 heavy (non-hydrogen) atoms. The molecule has 0 bridgehead atoms. The van der Waals surface area contributed by atoms with Gasteiger partial charge in [-0.1, -0.05) is 13.2 Å². The number of carbonyl (C=O) groups is 4. The Morgan fingerprint density at radius 3 is 1.75 bits per heavy atom. The molecule has 2 amide bonds. The number of hydrogen-bond acceptors (Lipinski definition) is 8. The van der Waals surface area contributed by atoms with Crippen molar-refractivity contribution in [1.82, 2.24) is 0 Å². The first kappa shape index (κ1) is 23.2. The second-order valence-electron chi connectivity index (χ2n) is 4.03. The van der Waals surface area contributed by atoms with Crippen molar-refractivity contribution in [3.05, 3.63) is 37.8 Å². The highest BCUT2D eigenvalue weighted by atomic mass is 16.7. The Labute approximate surface area is 139 Å². The largest absolute Gasteiger partial charge is 0.455 e. The summed E-state index contributed by atoms with van der Waals surface area (Å²) in [7, 11) is 0. The van der Waals surface area contributed by atoms with Gasteiger partial charge in [-0.15, -0.1) is 0 Å². The van der Waals surface area contributed by atoms with Crippen LogP contribution in [0.1, 0.15) is 13.8 Å². The normalized spacial score (nSPS) is 10.1. The minimum atomic E-state index is -1.45. The molecule has 0 saturated carbocycles. The van der Waals surface area contributed by atoms with Crippen molar-refractivity contribution >= 4 is 24.1 Å². The van der Waals surface area contributed by atoms with E-state index < -0.39 is 37.0 Å². The van der Waals surface area contributed by atoms with Crippen LogP contribution in [0.3, 0.4) is 0 Å². The van der Waals surface area contributed by atoms with Gasteiger partial charge in [0.2, 0.25) is 0 Å². The van der Waals surface area contributed by atoms with Crippen LogP contribution >= 0.6 is 0 Å². The number of nitrogens with two attached hydrogens (primary N) is 2. The molecule has 0 aromatic rings. The third-order valence-corrected chi connectivity index (χ3v) is 1.74. The molecular weight excluding hydrogens is 324 g/mol. The maximum Gasteiger partial charge on any atom is 0.407 e. The molecule has 10 nitrogen and oxygen atoms in total. The van der Waals surface area contributed by atoms with E-state index in [9.17, 15) is 19.2 Å². The standard InChI is InChI=1S/C8H12N2O6.C6H8O2/c1-4(2)6(11)15-5(16-8(10)13)3-14-7(9)12;1-4-8-6(7)5(2)3/h5H,1,3H2,2H3,(H2,9,12)(H2,10,13);4H,1-2H2,3H3. The molecule has 0 heterocycles. The number of carbonyl (C=O) groups excluding carboxylic acids is 4. The van der Waals surface area contributed by atoms with E-state index in [-0.39, 0.29) is 5.57 Å². The maximum absolute atomic E-state index is 11.1. The lowest BCUT2D eigenvalue weighted by Crippen LogP contribution is -2.33. The second-order valence-corrected chi connectivity index (χ2v) is 4.03. The zero-order valence-corrected chi connectivity index (χ0v) is 13.4. The Balaban J connectivity index is 0. The third-order valence-electron chi connectivity index (χ3n) is 1.74. The van der Waals surface area contributed by atoms with Gasteiger partial charge in [-0.25, -0.2) is 19.2 Å². The van der Waals surface area contributed by atoms with E-state index in [1.54, 1.807) is 6.92 Å². The molecule has 0 aromatic carbocycles. The summed E-state index contributed by atoms with van der Waals surface area (Å²) in [5.74, 6) is -1.25. The first-order valence-corrected chi connectivity index (χ1v) is 6.23. The van der Waals surface area contributed by atoms with Crippen molar-refractivity contribution in [2.24, 2.45) is 11.5 Å². The lowest BCUT2D eigenvalue weighted by Gasteiger charge is -2.16. The van der Waals surface area contributed by atoms with Crippen molar-refractivity contribution in [3.63, 3.8) is 0 Å². The van der Waals surface area contributed by atoms with Crippen LogP contribution in [-0.4, -0.2) is 37.0 Å². The van der Waals surface area contributed by atoms with Gasteiger partial charge in [-0.2, -0.15) is 0 Å². The summed E-state index contributed by atoms with van der Waals surface area (Å²) in [6.45, 7) is 13.4. The van der Waals surface area contributed by atoms with Crippen molar-refractivity contribution in [2.75, 3.05) is 6.61 Å². The Morgan fingerprint density at radius 1 is 0.958 bits per heavy atom. The number of primary amides is 2. The highest BCUT2D eigenvalue weighted by Gasteiger charge is 2.19. The molecule has 0 fully saturated rings. The van der Waals surface area contributed by atoms with Crippen LogP contribution in [0.2, 0.25) is 0 Å². The van der Waals surface area contributed by atoms with Gasteiger partial charge in [-0.3, -0.25) is 0 Å². The number of esters is 2. The van der Waals surface area contributed by atoms with Gasteiger partial charge >= 0.3 is 24.1 Å². The summed E-state index contributed by atoms with van der Waals surface area (Å²) < 4.78 is 17.5. The Morgan fingerprint density at radius 2 is 1.46 bits per heavy atom. The molecule has 1 unspecified atom stereocenters.